The molecule has 5 nitrogen and oxygen atoms in total. The van der Waals surface area contributed by atoms with Crippen LogP contribution in [0.15, 0.2) is 4.52 Å². The third-order valence-electron chi connectivity index (χ3n) is 2.89. The van der Waals surface area contributed by atoms with E-state index in [1.807, 2.05) is 0 Å². The predicted molar refractivity (Wildman–Crippen MR) is 68.2 cm³/mol. The van der Waals surface area contributed by atoms with Crippen molar-refractivity contribution in [2.24, 2.45) is 5.92 Å². The molecule has 0 N–H and O–H groups in total. The maximum atomic E-state index is 11.7. The summed E-state index contributed by atoms with van der Waals surface area (Å²) in [6.45, 7) is 4.34. The fourth-order valence-electron chi connectivity index (χ4n) is 1.72. The Morgan fingerprint density at radius 2 is 2.28 bits per heavy atom. The molecular formula is C12H18N2O3S. The molecule has 0 atom stereocenters. The van der Waals surface area contributed by atoms with Crippen molar-refractivity contribution in [3.63, 3.8) is 0 Å². The van der Waals surface area contributed by atoms with Crippen LogP contribution in [0.2, 0.25) is 0 Å². The van der Waals surface area contributed by atoms with Crippen molar-refractivity contribution in [3.05, 3.63) is 11.7 Å². The number of nitrogens with zero attached hydrogens (tertiary/aromatic N) is 2. The zero-order chi connectivity index (χ0) is 13.2. The van der Waals surface area contributed by atoms with E-state index in [2.05, 4.69) is 24.0 Å². The van der Waals surface area contributed by atoms with Gasteiger partial charge in [-0.15, -0.1) is 0 Å². The molecule has 0 radical (unpaired) electrons. The maximum absolute atomic E-state index is 11.7. The summed E-state index contributed by atoms with van der Waals surface area (Å²) in [7, 11) is 1.39. The van der Waals surface area contributed by atoms with Crippen molar-refractivity contribution >= 4 is 17.7 Å². The lowest BCUT2D eigenvalue weighted by Crippen LogP contribution is -2.22. The lowest BCUT2D eigenvalue weighted by atomic mass is 10.1. The molecule has 6 heteroatoms. The molecule has 1 aromatic rings. The summed E-state index contributed by atoms with van der Waals surface area (Å²) in [4.78, 5) is 16.0. The second kappa shape index (κ2) is 5.30. The van der Waals surface area contributed by atoms with Gasteiger partial charge in [-0.2, -0.15) is 16.7 Å². The van der Waals surface area contributed by atoms with Crippen molar-refractivity contribution in [2.75, 3.05) is 12.9 Å². The number of carbonyl (C=O) groups excluding carboxylic acids is 1. The van der Waals surface area contributed by atoms with Gasteiger partial charge >= 0.3 is 5.97 Å². The summed E-state index contributed by atoms with van der Waals surface area (Å²) < 4.78 is 9.98. The van der Waals surface area contributed by atoms with Crippen molar-refractivity contribution in [1.82, 2.24) is 10.1 Å². The Kier molecular flexibility index (Phi) is 3.94. The fourth-order valence-corrected chi connectivity index (χ4v) is 2.61. The molecular weight excluding hydrogens is 252 g/mol. The van der Waals surface area contributed by atoms with Crippen molar-refractivity contribution in [1.29, 1.82) is 0 Å². The third-order valence-corrected chi connectivity index (χ3v) is 4.25. The summed E-state index contributed by atoms with van der Waals surface area (Å²) in [5.41, 5.74) is -0.650. The zero-order valence-corrected chi connectivity index (χ0v) is 11.7. The summed E-state index contributed by atoms with van der Waals surface area (Å²) in [5.74, 6) is 3.23. The molecule has 1 fully saturated rings. The predicted octanol–water partition coefficient (Wildman–Crippen LogP) is 2.16. The highest BCUT2D eigenvalue weighted by Crippen LogP contribution is 2.48. The molecule has 0 unspecified atom stereocenters. The molecule has 1 saturated carbocycles. The van der Waals surface area contributed by atoms with Crippen LogP contribution in [0.1, 0.15) is 38.4 Å². The average molecular weight is 270 g/mol. The highest BCUT2D eigenvalue weighted by Gasteiger charge is 2.57. The summed E-state index contributed by atoms with van der Waals surface area (Å²) in [6.07, 6.45) is 1.47. The highest BCUT2D eigenvalue weighted by atomic mass is 32.2. The molecule has 100 valence electrons. The minimum absolute atomic E-state index is 0.271. The molecule has 0 spiro atoms. The van der Waals surface area contributed by atoms with Gasteiger partial charge in [0.2, 0.25) is 5.89 Å². The zero-order valence-electron chi connectivity index (χ0n) is 10.9. The van der Waals surface area contributed by atoms with Crippen LogP contribution < -0.4 is 0 Å². The Morgan fingerprint density at radius 3 is 2.83 bits per heavy atom. The Bertz CT molecular complexity index is 427. The Labute approximate surface area is 111 Å². The second-order valence-corrected chi connectivity index (χ2v) is 6.03. The van der Waals surface area contributed by atoms with E-state index < -0.39 is 5.41 Å². The molecule has 2 rings (SSSR count). The Hall–Kier alpha value is -1.04. The number of methoxy groups -OCH3 is 1. The van der Waals surface area contributed by atoms with E-state index in [9.17, 15) is 4.79 Å². The number of hydrogen-bond acceptors (Lipinski definition) is 6. The van der Waals surface area contributed by atoms with Gasteiger partial charge in [-0.1, -0.05) is 19.0 Å². The molecule has 0 aromatic carbocycles. The molecule has 0 bridgehead atoms. The van der Waals surface area contributed by atoms with Crippen LogP contribution in [0, 0.1) is 5.92 Å². The third kappa shape index (κ3) is 2.68. The van der Waals surface area contributed by atoms with E-state index >= 15 is 0 Å². The van der Waals surface area contributed by atoms with Gasteiger partial charge in [0, 0.05) is 0 Å². The quantitative estimate of drug-likeness (QED) is 0.738. The van der Waals surface area contributed by atoms with Crippen LogP contribution in [-0.4, -0.2) is 29.0 Å². The molecule has 18 heavy (non-hydrogen) atoms. The van der Waals surface area contributed by atoms with Gasteiger partial charge in [-0.3, -0.25) is 4.79 Å². The molecule has 0 aliphatic heterocycles. The normalized spacial score (nSPS) is 16.9. The van der Waals surface area contributed by atoms with Crippen LogP contribution in [0.3, 0.4) is 0 Å². The van der Waals surface area contributed by atoms with Gasteiger partial charge in [0.1, 0.15) is 5.41 Å². The first-order valence-corrected chi connectivity index (χ1v) is 7.23. The van der Waals surface area contributed by atoms with E-state index in [1.165, 1.54) is 7.11 Å². The molecule has 1 aliphatic rings. The van der Waals surface area contributed by atoms with Crippen molar-refractivity contribution in [2.45, 2.75) is 37.9 Å². The van der Waals surface area contributed by atoms with Crippen LogP contribution in [-0.2, 0) is 20.7 Å². The van der Waals surface area contributed by atoms with E-state index in [0.717, 1.165) is 24.3 Å². The van der Waals surface area contributed by atoms with Crippen LogP contribution >= 0.6 is 11.8 Å². The monoisotopic (exact) mass is 270 g/mol. The number of aromatic nitrogens is 2. The lowest BCUT2D eigenvalue weighted by Gasteiger charge is -2.05. The van der Waals surface area contributed by atoms with E-state index in [1.54, 1.807) is 11.8 Å². The van der Waals surface area contributed by atoms with Gasteiger partial charge < -0.3 is 9.26 Å². The average Bonchev–Trinajstić information content (AvgIpc) is 3.02. The minimum atomic E-state index is -0.650. The van der Waals surface area contributed by atoms with E-state index in [0.29, 0.717) is 17.6 Å². The minimum Gasteiger partial charge on any atom is -0.468 e. The largest absolute Gasteiger partial charge is 0.468 e. The molecule has 1 aliphatic carbocycles. The number of thioether (sulfide) groups is 1. The first-order chi connectivity index (χ1) is 8.58. The van der Waals surface area contributed by atoms with Crippen molar-refractivity contribution in [3.8, 4) is 0 Å². The molecule has 1 aromatic heterocycles. The highest BCUT2D eigenvalue weighted by molar-refractivity contribution is 7.98. The summed E-state index contributed by atoms with van der Waals surface area (Å²) in [6, 6.07) is 0. The number of rotatable bonds is 6. The first-order valence-electron chi connectivity index (χ1n) is 6.07. The number of hydrogen-bond donors (Lipinski definition) is 0. The summed E-state index contributed by atoms with van der Waals surface area (Å²) >= 11 is 1.77. The van der Waals surface area contributed by atoms with E-state index in [4.69, 9.17) is 9.26 Å². The van der Waals surface area contributed by atoms with Gasteiger partial charge in [-0.25, -0.2) is 0 Å². The van der Waals surface area contributed by atoms with Crippen LogP contribution in [0.5, 0.6) is 0 Å². The molecule has 1 heterocycles. The van der Waals surface area contributed by atoms with Crippen molar-refractivity contribution < 1.29 is 14.1 Å². The number of esters is 1. The first kappa shape index (κ1) is 13.4. The number of ether oxygens (including phenoxy) is 1. The van der Waals surface area contributed by atoms with E-state index in [-0.39, 0.29) is 5.97 Å². The lowest BCUT2D eigenvalue weighted by molar-refractivity contribution is -0.144. The topological polar surface area (TPSA) is 65.2 Å². The van der Waals surface area contributed by atoms with Gasteiger partial charge in [0.15, 0.2) is 5.82 Å². The Balaban J connectivity index is 1.96. The van der Waals surface area contributed by atoms with Gasteiger partial charge in [-0.05, 0) is 24.5 Å². The molecule has 0 saturated heterocycles. The standard InChI is InChI=1S/C12H18N2O3S/c1-8(2)6-18-7-9-13-10(17-14-9)12(4-5-12)11(15)16-3/h8H,4-7H2,1-3H3. The van der Waals surface area contributed by atoms with Crippen LogP contribution in [0.25, 0.3) is 0 Å². The molecule has 0 amide bonds. The number of carbonyl (C=O) groups is 1. The van der Waals surface area contributed by atoms with Gasteiger partial charge in [0.05, 0.1) is 12.9 Å². The smallest absolute Gasteiger partial charge is 0.321 e. The second-order valence-electron chi connectivity index (χ2n) is 5.00. The summed E-state index contributed by atoms with van der Waals surface area (Å²) in [5, 5.41) is 3.92. The SMILES string of the molecule is COC(=O)C1(c2nc(CSCC(C)C)no2)CC1. The maximum Gasteiger partial charge on any atom is 0.321 e. The fraction of sp³-hybridized carbons (Fsp3) is 0.750. The van der Waals surface area contributed by atoms with Gasteiger partial charge in [0.25, 0.3) is 0 Å². The van der Waals surface area contributed by atoms with Crippen LogP contribution in [0.4, 0.5) is 0 Å². The Morgan fingerprint density at radius 1 is 1.56 bits per heavy atom.